The molecule has 0 unspecified atom stereocenters. The highest BCUT2D eigenvalue weighted by Gasteiger charge is 2.20. The highest BCUT2D eigenvalue weighted by atomic mass is 79.9. The van der Waals surface area contributed by atoms with E-state index < -0.39 is 5.97 Å². The van der Waals surface area contributed by atoms with Crippen LogP contribution in [0.4, 0.5) is 0 Å². The molecular weight excluding hydrogens is 238 g/mol. The summed E-state index contributed by atoms with van der Waals surface area (Å²) in [6.07, 6.45) is 0.584. The van der Waals surface area contributed by atoms with Gasteiger partial charge in [-0.05, 0) is 21.8 Å². The first-order valence-corrected chi connectivity index (χ1v) is 4.69. The molecule has 0 atom stereocenters. The number of carboxylic acid groups (broad SMARTS) is 1. The summed E-state index contributed by atoms with van der Waals surface area (Å²) in [5.41, 5.74) is 0.133. The third kappa shape index (κ3) is 2.30. The van der Waals surface area contributed by atoms with Crippen molar-refractivity contribution in [3.8, 4) is 0 Å². The summed E-state index contributed by atoms with van der Waals surface area (Å²) < 4.78 is 5.15. The number of aromatic nitrogens is 1. The third-order valence-electron chi connectivity index (χ3n) is 1.53. The van der Waals surface area contributed by atoms with E-state index in [0.717, 1.165) is 0 Å². The summed E-state index contributed by atoms with van der Waals surface area (Å²) in [6, 6.07) is 0. The fourth-order valence-electron chi connectivity index (χ4n) is 1.02. The molecule has 0 aliphatic carbocycles. The first-order valence-electron chi connectivity index (χ1n) is 3.89. The third-order valence-corrected chi connectivity index (χ3v) is 2.07. The van der Waals surface area contributed by atoms with E-state index in [4.69, 9.17) is 9.63 Å². The molecule has 0 fully saturated rings. The Morgan fingerprint density at radius 3 is 2.77 bits per heavy atom. The van der Waals surface area contributed by atoms with E-state index in [0.29, 0.717) is 18.1 Å². The van der Waals surface area contributed by atoms with Gasteiger partial charge < -0.3 is 9.63 Å². The highest BCUT2D eigenvalue weighted by molar-refractivity contribution is 9.10. The Morgan fingerprint density at radius 1 is 1.69 bits per heavy atom. The molecule has 0 amide bonds. The van der Waals surface area contributed by atoms with E-state index >= 15 is 0 Å². The smallest absolute Gasteiger partial charge is 0.342 e. The van der Waals surface area contributed by atoms with Gasteiger partial charge in [0.05, 0.1) is 0 Å². The van der Waals surface area contributed by atoms with Gasteiger partial charge in [-0.25, -0.2) is 4.79 Å². The average molecular weight is 248 g/mol. The van der Waals surface area contributed by atoms with Gasteiger partial charge in [0, 0.05) is 6.42 Å². The summed E-state index contributed by atoms with van der Waals surface area (Å²) in [7, 11) is 0. The van der Waals surface area contributed by atoms with Gasteiger partial charge in [-0.3, -0.25) is 0 Å². The first kappa shape index (κ1) is 10.2. The fourth-order valence-corrected chi connectivity index (χ4v) is 1.48. The van der Waals surface area contributed by atoms with Gasteiger partial charge in [0.1, 0.15) is 5.56 Å². The number of hydrogen-bond acceptors (Lipinski definition) is 3. The minimum absolute atomic E-state index is 0.133. The van der Waals surface area contributed by atoms with Gasteiger partial charge >= 0.3 is 5.97 Å². The number of rotatable bonds is 3. The van der Waals surface area contributed by atoms with E-state index in [-0.39, 0.29) is 10.2 Å². The van der Waals surface area contributed by atoms with Crippen molar-refractivity contribution in [2.45, 2.75) is 20.3 Å². The number of carbonyl (C=O) groups is 1. The predicted molar refractivity (Wildman–Crippen MR) is 49.7 cm³/mol. The van der Waals surface area contributed by atoms with Crippen molar-refractivity contribution in [1.82, 2.24) is 5.16 Å². The number of nitrogens with zero attached hydrogens (tertiary/aromatic N) is 1. The standard InChI is InChI=1S/C8H10BrNO3/c1-4(2)3-5-6(8(11)12)7(9)10-13-5/h4H,3H2,1-2H3,(H,11,12). The summed E-state index contributed by atoms with van der Waals surface area (Å²) >= 11 is 3.02. The molecule has 0 saturated carbocycles. The Morgan fingerprint density at radius 2 is 2.31 bits per heavy atom. The molecule has 1 N–H and O–H groups in total. The van der Waals surface area contributed by atoms with Gasteiger partial charge in [-0.2, -0.15) is 0 Å². The topological polar surface area (TPSA) is 63.3 Å². The molecule has 0 aromatic carbocycles. The number of hydrogen-bond donors (Lipinski definition) is 1. The maximum absolute atomic E-state index is 10.8. The molecule has 0 spiro atoms. The van der Waals surface area contributed by atoms with Crippen LogP contribution in [0.3, 0.4) is 0 Å². The highest BCUT2D eigenvalue weighted by Crippen LogP contribution is 2.21. The zero-order chi connectivity index (χ0) is 10.0. The monoisotopic (exact) mass is 247 g/mol. The number of aromatic carboxylic acids is 1. The Hall–Kier alpha value is -0.840. The minimum Gasteiger partial charge on any atom is -0.477 e. The SMILES string of the molecule is CC(C)Cc1onc(Br)c1C(=O)O. The second-order valence-electron chi connectivity index (χ2n) is 3.17. The molecule has 72 valence electrons. The molecule has 0 aliphatic heterocycles. The summed E-state index contributed by atoms with van der Waals surface area (Å²) in [5.74, 6) is -0.240. The summed E-state index contributed by atoms with van der Waals surface area (Å²) in [4.78, 5) is 10.8. The Labute approximate surface area is 84.0 Å². The lowest BCUT2D eigenvalue weighted by Crippen LogP contribution is -2.02. The first-order chi connectivity index (χ1) is 6.02. The Kier molecular flexibility index (Phi) is 3.08. The molecule has 4 nitrogen and oxygen atoms in total. The van der Waals surface area contributed by atoms with Crippen molar-refractivity contribution in [3.05, 3.63) is 15.9 Å². The van der Waals surface area contributed by atoms with Crippen LogP contribution in [0, 0.1) is 5.92 Å². The van der Waals surface area contributed by atoms with Crippen LogP contribution in [0.25, 0.3) is 0 Å². The Balaban J connectivity index is 3.00. The van der Waals surface area contributed by atoms with Gasteiger partial charge in [-0.15, -0.1) is 0 Å². The maximum atomic E-state index is 10.8. The second kappa shape index (κ2) is 3.91. The van der Waals surface area contributed by atoms with E-state index in [1.54, 1.807) is 0 Å². The number of carboxylic acids is 1. The molecule has 5 heteroatoms. The zero-order valence-corrected chi connectivity index (χ0v) is 8.96. The summed E-state index contributed by atoms with van der Waals surface area (Å²) in [6.45, 7) is 3.98. The van der Waals surface area contributed by atoms with Crippen LogP contribution >= 0.6 is 15.9 Å². The zero-order valence-electron chi connectivity index (χ0n) is 7.37. The van der Waals surface area contributed by atoms with Crippen molar-refractivity contribution in [2.24, 2.45) is 5.92 Å². The molecule has 1 rings (SSSR count). The van der Waals surface area contributed by atoms with Gasteiger partial charge in [0.2, 0.25) is 0 Å². The van der Waals surface area contributed by atoms with E-state index in [1.165, 1.54) is 0 Å². The van der Waals surface area contributed by atoms with Gasteiger partial charge in [0.15, 0.2) is 10.4 Å². The maximum Gasteiger partial charge on any atom is 0.342 e. The van der Waals surface area contributed by atoms with Crippen molar-refractivity contribution < 1.29 is 14.4 Å². The van der Waals surface area contributed by atoms with Crippen LogP contribution in [0.2, 0.25) is 0 Å². The largest absolute Gasteiger partial charge is 0.477 e. The van der Waals surface area contributed by atoms with Gasteiger partial charge in [0.25, 0.3) is 0 Å². The van der Waals surface area contributed by atoms with Crippen LogP contribution in [-0.4, -0.2) is 16.2 Å². The van der Waals surface area contributed by atoms with Crippen molar-refractivity contribution >= 4 is 21.9 Å². The lowest BCUT2D eigenvalue weighted by atomic mass is 10.1. The molecule has 0 bridgehead atoms. The van der Waals surface area contributed by atoms with E-state index in [9.17, 15) is 4.79 Å². The molecule has 0 aliphatic rings. The van der Waals surface area contributed by atoms with Crippen LogP contribution in [0.1, 0.15) is 30.0 Å². The molecular formula is C8H10BrNO3. The lowest BCUT2D eigenvalue weighted by molar-refractivity contribution is 0.0693. The lowest BCUT2D eigenvalue weighted by Gasteiger charge is -2.00. The summed E-state index contributed by atoms with van der Waals surface area (Å²) in [5, 5.41) is 12.4. The molecule has 13 heavy (non-hydrogen) atoms. The predicted octanol–water partition coefficient (Wildman–Crippen LogP) is 2.33. The van der Waals surface area contributed by atoms with Crippen LogP contribution in [0.5, 0.6) is 0 Å². The van der Waals surface area contributed by atoms with Crippen molar-refractivity contribution in [2.75, 3.05) is 0 Å². The molecule has 0 radical (unpaired) electrons. The molecule has 1 aromatic rings. The molecule has 1 heterocycles. The van der Waals surface area contributed by atoms with Crippen LogP contribution in [0.15, 0.2) is 9.13 Å². The Bertz CT molecular complexity index is 319. The van der Waals surface area contributed by atoms with Crippen molar-refractivity contribution in [3.63, 3.8) is 0 Å². The molecule has 1 aromatic heterocycles. The van der Waals surface area contributed by atoms with Crippen LogP contribution in [-0.2, 0) is 6.42 Å². The van der Waals surface area contributed by atoms with Crippen molar-refractivity contribution in [1.29, 1.82) is 0 Å². The van der Waals surface area contributed by atoms with Crippen LogP contribution < -0.4 is 0 Å². The quantitative estimate of drug-likeness (QED) is 0.891. The normalized spacial score (nSPS) is 10.8. The second-order valence-corrected chi connectivity index (χ2v) is 3.93. The number of halogens is 1. The van der Waals surface area contributed by atoms with Gasteiger partial charge in [-0.1, -0.05) is 19.0 Å². The van der Waals surface area contributed by atoms with E-state index in [2.05, 4.69) is 21.1 Å². The minimum atomic E-state index is -1.01. The fraction of sp³-hybridized carbons (Fsp3) is 0.500. The average Bonchev–Trinajstić information content (AvgIpc) is 2.30. The molecule has 0 saturated heterocycles. The van der Waals surface area contributed by atoms with E-state index in [1.807, 2.05) is 13.8 Å².